The number of nitrogens with one attached hydrogen (secondary N) is 1. The van der Waals surface area contributed by atoms with Gasteiger partial charge in [-0.25, -0.2) is 0 Å². The predicted octanol–water partition coefficient (Wildman–Crippen LogP) is 4.69. The molecule has 0 radical (unpaired) electrons. The van der Waals surface area contributed by atoms with E-state index in [1.807, 2.05) is 0 Å². The maximum atomic E-state index is 5.32. The van der Waals surface area contributed by atoms with E-state index in [0.29, 0.717) is 12.1 Å². The van der Waals surface area contributed by atoms with Gasteiger partial charge in [0, 0.05) is 11.8 Å². The summed E-state index contributed by atoms with van der Waals surface area (Å²) in [6.45, 7) is 13.0. The summed E-state index contributed by atoms with van der Waals surface area (Å²) in [5.74, 6) is 3.08. The summed E-state index contributed by atoms with van der Waals surface area (Å²) < 4.78 is 0. The molecule has 3 atom stereocenters. The Balaban J connectivity index is 2.16. The van der Waals surface area contributed by atoms with Crippen LogP contribution in [0.5, 0.6) is 0 Å². The molecule has 2 rings (SSSR count). The van der Waals surface area contributed by atoms with Gasteiger partial charge in [0.25, 0.3) is 0 Å². The van der Waals surface area contributed by atoms with Gasteiger partial charge >= 0.3 is 0 Å². The Bertz CT molecular complexity index is 323. The molecule has 2 heteroatoms. The fourth-order valence-corrected chi connectivity index (χ4v) is 4.43. The van der Waals surface area contributed by atoms with Crippen molar-refractivity contribution in [2.75, 3.05) is 6.54 Å². The van der Waals surface area contributed by atoms with E-state index >= 15 is 0 Å². The molecule has 122 valence electrons. The monoisotopic (exact) mass is 292 g/mol. The Morgan fingerprint density at radius 3 is 2.00 bits per heavy atom. The van der Waals surface area contributed by atoms with E-state index in [1.165, 1.54) is 50.8 Å². The Morgan fingerprint density at radius 2 is 1.52 bits per heavy atom. The van der Waals surface area contributed by atoms with Crippen molar-refractivity contribution in [1.82, 2.24) is 5.32 Å². The van der Waals surface area contributed by atoms with E-state index in [-0.39, 0.29) is 0 Å². The van der Waals surface area contributed by atoms with Crippen molar-refractivity contribution in [3.8, 4) is 0 Å². The number of piperidine rings is 1. The molecule has 0 bridgehead atoms. The van der Waals surface area contributed by atoms with Crippen LogP contribution in [0.15, 0.2) is 4.99 Å². The highest BCUT2D eigenvalue weighted by atomic mass is 15.0. The first-order valence-corrected chi connectivity index (χ1v) is 9.28. The molecule has 1 aliphatic carbocycles. The van der Waals surface area contributed by atoms with Crippen molar-refractivity contribution in [2.24, 2.45) is 28.7 Å². The highest BCUT2D eigenvalue weighted by molar-refractivity contribution is 5.87. The molecular formula is C19H36N2. The second-order valence-electron chi connectivity index (χ2n) is 8.01. The van der Waals surface area contributed by atoms with Crippen LogP contribution >= 0.6 is 0 Å². The SMILES string of the molecule is CC(=NC1C(C(C)C)CCCC1C(C)C)C1CCCCN1. The molecule has 0 aromatic heterocycles. The number of rotatable bonds is 4. The van der Waals surface area contributed by atoms with Gasteiger partial charge in [-0.15, -0.1) is 0 Å². The summed E-state index contributed by atoms with van der Waals surface area (Å²) in [7, 11) is 0. The number of nitrogens with zero attached hydrogens (tertiary/aromatic N) is 1. The number of aliphatic imine (C=N–C) groups is 1. The Labute approximate surface area is 132 Å². The molecule has 1 saturated carbocycles. The zero-order chi connectivity index (χ0) is 15.4. The molecule has 21 heavy (non-hydrogen) atoms. The predicted molar refractivity (Wildman–Crippen MR) is 93.0 cm³/mol. The van der Waals surface area contributed by atoms with Crippen LogP contribution in [0.3, 0.4) is 0 Å². The Morgan fingerprint density at radius 1 is 0.905 bits per heavy atom. The number of hydrogen-bond acceptors (Lipinski definition) is 2. The van der Waals surface area contributed by atoms with Gasteiger partial charge in [-0.05, 0) is 62.8 Å². The Kier molecular flexibility index (Phi) is 6.28. The average Bonchev–Trinajstić information content (AvgIpc) is 2.47. The van der Waals surface area contributed by atoms with Gasteiger partial charge in [0.05, 0.1) is 6.04 Å². The van der Waals surface area contributed by atoms with Gasteiger partial charge < -0.3 is 5.32 Å². The molecule has 3 unspecified atom stereocenters. The minimum absolute atomic E-state index is 0.543. The molecule has 1 heterocycles. The van der Waals surface area contributed by atoms with Crippen LogP contribution in [0.25, 0.3) is 0 Å². The topological polar surface area (TPSA) is 24.4 Å². The zero-order valence-corrected chi connectivity index (χ0v) is 14.9. The first-order chi connectivity index (χ1) is 10.0. The van der Waals surface area contributed by atoms with Gasteiger partial charge in [-0.2, -0.15) is 0 Å². The maximum absolute atomic E-state index is 5.32. The number of hydrogen-bond donors (Lipinski definition) is 1. The van der Waals surface area contributed by atoms with Crippen LogP contribution in [-0.4, -0.2) is 24.3 Å². The van der Waals surface area contributed by atoms with Gasteiger partial charge in [-0.3, -0.25) is 4.99 Å². The van der Waals surface area contributed by atoms with Crippen molar-refractivity contribution in [1.29, 1.82) is 0 Å². The summed E-state index contributed by atoms with van der Waals surface area (Å²) in [5.41, 5.74) is 1.37. The molecule has 0 aromatic carbocycles. The molecule has 1 N–H and O–H groups in total. The minimum Gasteiger partial charge on any atom is -0.309 e. The minimum atomic E-state index is 0.543. The second kappa shape index (κ2) is 7.76. The fourth-order valence-electron chi connectivity index (χ4n) is 4.43. The summed E-state index contributed by atoms with van der Waals surface area (Å²) in [5, 5.41) is 3.67. The van der Waals surface area contributed by atoms with Crippen molar-refractivity contribution < 1.29 is 0 Å². The maximum Gasteiger partial charge on any atom is 0.0560 e. The van der Waals surface area contributed by atoms with Crippen LogP contribution < -0.4 is 5.32 Å². The average molecular weight is 293 g/mol. The van der Waals surface area contributed by atoms with E-state index in [2.05, 4.69) is 39.9 Å². The van der Waals surface area contributed by atoms with Gasteiger partial charge in [0.1, 0.15) is 0 Å². The Hall–Kier alpha value is -0.370. The van der Waals surface area contributed by atoms with Crippen molar-refractivity contribution in [3.05, 3.63) is 0 Å². The molecule has 2 fully saturated rings. The third-order valence-corrected chi connectivity index (χ3v) is 5.83. The smallest absolute Gasteiger partial charge is 0.0560 e. The first-order valence-electron chi connectivity index (χ1n) is 9.28. The molecule has 0 amide bonds. The van der Waals surface area contributed by atoms with E-state index in [1.54, 1.807) is 0 Å². The lowest BCUT2D eigenvalue weighted by molar-refractivity contribution is 0.142. The second-order valence-corrected chi connectivity index (χ2v) is 8.01. The molecule has 2 nitrogen and oxygen atoms in total. The largest absolute Gasteiger partial charge is 0.309 e. The summed E-state index contributed by atoms with van der Waals surface area (Å²) in [4.78, 5) is 5.32. The standard InChI is InChI=1S/C19H36N2/c1-13(2)16-9-8-10-17(14(3)4)19(16)21-15(5)18-11-6-7-12-20-18/h13-14,16-20H,6-12H2,1-5H3. The first kappa shape index (κ1) is 17.0. The summed E-state index contributed by atoms with van der Waals surface area (Å²) in [6.07, 6.45) is 8.12. The molecule has 1 aliphatic heterocycles. The van der Waals surface area contributed by atoms with Gasteiger partial charge in [0.15, 0.2) is 0 Å². The van der Waals surface area contributed by atoms with Crippen LogP contribution in [0, 0.1) is 23.7 Å². The van der Waals surface area contributed by atoms with E-state index in [0.717, 1.165) is 23.7 Å². The lowest BCUT2D eigenvalue weighted by Crippen LogP contribution is -2.42. The quantitative estimate of drug-likeness (QED) is 0.747. The normalized spacial score (nSPS) is 35.5. The van der Waals surface area contributed by atoms with Gasteiger partial charge in [-0.1, -0.05) is 40.5 Å². The van der Waals surface area contributed by atoms with E-state index in [4.69, 9.17) is 4.99 Å². The van der Waals surface area contributed by atoms with Crippen LogP contribution in [0.2, 0.25) is 0 Å². The van der Waals surface area contributed by atoms with Crippen molar-refractivity contribution in [2.45, 2.75) is 85.2 Å². The molecule has 1 saturated heterocycles. The van der Waals surface area contributed by atoms with Gasteiger partial charge in [0.2, 0.25) is 0 Å². The van der Waals surface area contributed by atoms with E-state index < -0.39 is 0 Å². The lowest BCUT2D eigenvalue weighted by Gasteiger charge is -2.41. The van der Waals surface area contributed by atoms with Crippen molar-refractivity contribution in [3.63, 3.8) is 0 Å². The molecule has 0 aromatic rings. The fraction of sp³-hybridized carbons (Fsp3) is 0.947. The lowest BCUT2D eigenvalue weighted by atomic mass is 9.68. The van der Waals surface area contributed by atoms with Crippen LogP contribution in [0.4, 0.5) is 0 Å². The molecule has 2 aliphatic rings. The van der Waals surface area contributed by atoms with E-state index in [9.17, 15) is 0 Å². The molecular weight excluding hydrogens is 256 g/mol. The third-order valence-electron chi connectivity index (χ3n) is 5.83. The highest BCUT2D eigenvalue weighted by Crippen LogP contribution is 2.39. The molecule has 0 spiro atoms. The van der Waals surface area contributed by atoms with Crippen molar-refractivity contribution >= 4 is 5.71 Å². The summed E-state index contributed by atoms with van der Waals surface area (Å²) in [6, 6.07) is 1.10. The van der Waals surface area contributed by atoms with Crippen LogP contribution in [0.1, 0.15) is 73.1 Å². The zero-order valence-electron chi connectivity index (χ0n) is 14.9. The third kappa shape index (κ3) is 4.31. The van der Waals surface area contributed by atoms with Crippen LogP contribution in [-0.2, 0) is 0 Å². The highest BCUT2D eigenvalue weighted by Gasteiger charge is 2.36. The summed E-state index contributed by atoms with van der Waals surface area (Å²) >= 11 is 0.